The predicted molar refractivity (Wildman–Crippen MR) is 75.3 cm³/mol. The Labute approximate surface area is 113 Å². The fourth-order valence-electron chi connectivity index (χ4n) is 2.31. The van der Waals surface area contributed by atoms with Crippen molar-refractivity contribution in [1.29, 1.82) is 0 Å². The lowest BCUT2D eigenvalue weighted by molar-refractivity contribution is 0.252. The molecule has 0 radical (unpaired) electrons. The number of rotatable bonds is 4. The molecule has 1 aromatic carbocycles. The average molecular weight is 263 g/mol. The van der Waals surface area contributed by atoms with Gasteiger partial charge in [0.1, 0.15) is 5.75 Å². The van der Waals surface area contributed by atoms with Crippen LogP contribution in [0.5, 0.6) is 5.75 Å². The number of carbonyl (C=O) groups is 1. The molecule has 104 valence electrons. The van der Waals surface area contributed by atoms with Crippen LogP contribution in [0, 0.1) is 0 Å². The van der Waals surface area contributed by atoms with Crippen molar-refractivity contribution in [1.82, 2.24) is 10.2 Å². The Morgan fingerprint density at radius 2 is 2.11 bits per heavy atom. The molecule has 1 aromatic rings. The lowest BCUT2D eigenvalue weighted by atomic mass is 10.1. The van der Waals surface area contributed by atoms with Crippen molar-refractivity contribution in [3.63, 3.8) is 0 Å². The van der Waals surface area contributed by atoms with Gasteiger partial charge >= 0.3 is 6.03 Å². The molecule has 0 bridgehead atoms. The van der Waals surface area contributed by atoms with E-state index in [1.807, 2.05) is 19.1 Å². The molecule has 0 atom stereocenters. The number of hydrogen-bond acceptors (Lipinski definition) is 3. The highest BCUT2D eigenvalue weighted by Gasteiger charge is 2.13. The summed E-state index contributed by atoms with van der Waals surface area (Å²) in [5.41, 5.74) is 1.56. The number of nitrogens with zero attached hydrogens (tertiary/aromatic N) is 1. The van der Waals surface area contributed by atoms with Crippen molar-refractivity contribution in [2.24, 2.45) is 0 Å². The zero-order chi connectivity index (χ0) is 13.7. The molecular weight excluding hydrogens is 242 g/mol. The molecule has 1 fully saturated rings. The lowest BCUT2D eigenvalue weighted by Gasteiger charge is -2.16. The van der Waals surface area contributed by atoms with Crippen LogP contribution in [0.4, 0.5) is 10.5 Å². The van der Waals surface area contributed by atoms with E-state index in [-0.39, 0.29) is 11.8 Å². The summed E-state index contributed by atoms with van der Waals surface area (Å²) in [5, 5.41) is 15.1. The minimum atomic E-state index is -0.295. The van der Waals surface area contributed by atoms with Gasteiger partial charge in [0.15, 0.2) is 0 Å². The van der Waals surface area contributed by atoms with E-state index in [1.54, 1.807) is 6.07 Å². The summed E-state index contributed by atoms with van der Waals surface area (Å²) in [7, 11) is 0. The van der Waals surface area contributed by atoms with Crippen LogP contribution in [0.1, 0.15) is 25.3 Å². The highest BCUT2D eigenvalue weighted by atomic mass is 16.3. The smallest absolute Gasteiger partial charge is 0.319 e. The van der Waals surface area contributed by atoms with Gasteiger partial charge in [-0.3, -0.25) is 4.90 Å². The number of likely N-dealkylation sites (tertiary alicyclic amines) is 1. The number of nitrogens with one attached hydrogen (secondary N) is 2. The van der Waals surface area contributed by atoms with E-state index in [4.69, 9.17) is 0 Å². The summed E-state index contributed by atoms with van der Waals surface area (Å²) < 4.78 is 0. The van der Waals surface area contributed by atoms with Crippen LogP contribution in [0.25, 0.3) is 0 Å². The first-order valence-corrected chi connectivity index (χ1v) is 6.78. The molecule has 19 heavy (non-hydrogen) atoms. The monoisotopic (exact) mass is 263 g/mol. The largest absolute Gasteiger partial charge is 0.506 e. The maximum absolute atomic E-state index is 11.5. The maximum atomic E-state index is 11.5. The molecule has 0 aromatic heterocycles. The van der Waals surface area contributed by atoms with Gasteiger partial charge in [-0.1, -0.05) is 6.07 Å². The number of phenols is 1. The summed E-state index contributed by atoms with van der Waals surface area (Å²) >= 11 is 0. The van der Waals surface area contributed by atoms with Crippen molar-refractivity contribution in [3.05, 3.63) is 23.8 Å². The van der Waals surface area contributed by atoms with E-state index in [0.29, 0.717) is 12.2 Å². The van der Waals surface area contributed by atoms with Gasteiger partial charge < -0.3 is 15.7 Å². The predicted octanol–water partition coefficient (Wildman–Crippen LogP) is 2.13. The molecule has 0 aliphatic carbocycles. The molecule has 0 spiro atoms. The Bertz CT molecular complexity index is 442. The minimum absolute atomic E-state index is 0.0939. The number of aromatic hydroxyl groups is 1. The number of amides is 2. The first kappa shape index (κ1) is 13.7. The van der Waals surface area contributed by atoms with Gasteiger partial charge in [0.25, 0.3) is 0 Å². The van der Waals surface area contributed by atoms with Crippen LogP contribution in [-0.2, 0) is 6.54 Å². The third-order valence-corrected chi connectivity index (χ3v) is 3.25. The quantitative estimate of drug-likeness (QED) is 0.729. The van der Waals surface area contributed by atoms with E-state index >= 15 is 0 Å². The number of anilines is 1. The van der Waals surface area contributed by atoms with Crippen LogP contribution in [0.15, 0.2) is 18.2 Å². The normalized spacial score (nSPS) is 15.4. The van der Waals surface area contributed by atoms with Gasteiger partial charge in [-0.2, -0.15) is 0 Å². The Morgan fingerprint density at radius 3 is 2.79 bits per heavy atom. The third-order valence-electron chi connectivity index (χ3n) is 3.25. The van der Waals surface area contributed by atoms with Crippen molar-refractivity contribution in [2.75, 3.05) is 25.0 Å². The van der Waals surface area contributed by atoms with Gasteiger partial charge in [0.05, 0.1) is 5.69 Å². The minimum Gasteiger partial charge on any atom is -0.506 e. The fraction of sp³-hybridized carbons (Fsp3) is 0.500. The molecule has 5 nitrogen and oxygen atoms in total. The standard InChI is InChI=1S/C14H21N3O2/c1-2-15-14(19)16-12-9-11(5-6-13(12)18)10-17-7-3-4-8-17/h5-6,9,18H,2-4,7-8,10H2,1H3,(H2,15,16,19). The maximum Gasteiger partial charge on any atom is 0.319 e. The van der Waals surface area contributed by atoms with Crippen molar-refractivity contribution in [2.45, 2.75) is 26.3 Å². The van der Waals surface area contributed by atoms with Gasteiger partial charge in [-0.25, -0.2) is 4.79 Å². The second-order valence-electron chi connectivity index (χ2n) is 4.82. The Balaban J connectivity index is 2.03. The zero-order valence-electron chi connectivity index (χ0n) is 11.3. The molecule has 1 saturated heterocycles. The summed E-state index contributed by atoms with van der Waals surface area (Å²) in [6, 6.07) is 5.07. The summed E-state index contributed by atoms with van der Waals surface area (Å²) in [4.78, 5) is 13.9. The van der Waals surface area contributed by atoms with Gasteiger partial charge in [-0.15, -0.1) is 0 Å². The van der Waals surface area contributed by atoms with Crippen LogP contribution in [-0.4, -0.2) is 35.7 Å². The molecule has 1 aliphatic rings. The molecule has 5 heteroatoms. The topological polar surface area (TPSA) is 64.6 Å². The average Bonchev–Trinajstić information content (AvgIpc) is 2.86. The number of carbonyl (C=O) groups excluding carboxylic acids is 1. The molecule has 1 heterocycles. The summed E-state index contributed by atoms with van der Waals surface area (Å²) in [6.45, 7) is 5.52. The second kappa shape index (κ2) is 6.43. The van der Waals surface area contributed by atoms with Crippen LogP contribution >= 0.6 is 0 Å². The van der Waals surface area contributed by atoms with E-state index in [1.165, 1.54) is 12.8 Å². The first-order chi connectivity index (χ1) is 9.19. The molecule has 3 N–H and O–H groups in total. The van der Waals surface area contributed by atoms with Gasteiger partial charge in [0.2, 0.25) is 0 Å². The van der Waals surface area contributed by atoms with E-state index in [0.717, 1.165) is 25.2 Å². The molecular formula is C14H21N3O2. The number of hydrogen-bond donors (Lipinski definition) is 3. The van der Waals surface area contributed by atoms with Crippen molar-refractivity contribution >= 4 is 11.7 Å². The number of benzene rings is 1. The third kappa shape index (κ3) is 3.86. The number of urea groups is 1. The Morgan fingerprint density at radius 1 is 1.37 bits per heavy atom. The molecule has 1 aliphatic heterocycles. The number of phenolic OH excluding ortho intramolecular Hbond substituents is 1. The van der Waals surface area contributed by atoms with Gasteiger partial charge in [-0.05, 0) is 50.6 Å². The molecule has 2 amide bonds. The Hall–Kier alpha value is -1.75. The highest BCUT2D eigenvalue weighted by molar-refractivity contribution is 5.90. The molecule has 0 unspecified atom stereocenters. The molecule has 0 saturated carbocycles. The SMILES string of the molecule is CCNC(=O)Nc1cc(CN2CCCC2)ccc1O. The summed E-state index contributed by atoms with van der Waals surface area (Å²) in [6.07, 6.45) is 2.50. The zero-order valence-corrected chi connectivity index (χ0v) is 11.3. The fourth-order valence-corrected chi connectivity index (χ4v) is 2.31. The van der Waals surface area contributed by atoms with Gasteiger partial charge in [0, 0.05) is 13.1 Å². The van der Waals surface area contributed by atoms with Crippen molar-refractivity contribution < 1.29 is 9.90 Å². The van der Waals surface area contributed by atoms with Crippen LogP contribution in [0.3, 0.4) is 0 Å². The summed E-state index contributed by atoms with van der Waals surface area (Å²) in [5.74, 6) is 0.0939. The lowest BCUT2D eigenvalue weighted by Crippen LogP contribution is -2.28. The molecule has 2 rings (SSSR count). The van der Waals surface area contributed by atoms with Crippen molar-refractivity contribution in [3.8, 4) is 5.75 Å². The first-order valence-electron chi connectivity index (χ1n) is 6.78. The van der Waals surface area contributed by atoms with E-state index in [2.05, 4.69) is 15.5 Å². The second-order valence-corrected chi connectivity index (χ2v) is 4.82. The van der Waals surface area contributed by atoms with E-state index in [9.17, 15) is 9.90 Å². The van der Waals surface area contributed by atoms with Crippen LogP contribution < -0.4 is 10.6 Å². The highest BCUT2D eigenvalue weighted by Crippen LogP contribution is 2.25. The Kier molecular flexibility index (Phi) is 4.63. The van der Waals surface area contributed by atoms with Crippen LogP contribution in [0.2, 0.25) is 0 Å². The van der Waals surface area contributed by atoms with E-state index < -0.39 is 0 Å².